The van der Waals surface area contributed by atoms with Crippen LogP contribution in [0.5, 0.6) is 0 Å². The highest BCUT2D eigenvalue weighted by Gasteiger charge is 2.14. The fourth-order valence-corrected chi connectivity index (χ4v) is 2.88. The van der Waals surface area contributed by atoms with Crippen LogP contribution in [0.15, 0.2) is 76.3 Å². The van der Waals surface area contributed by atoms with E-state index >= 15 is 0 Å². The summed E-state index contributed by atoms with van der Waals surface area (Å²) in [5, 5.41) is 3.68. The minimum Gasteiger partial charge on any atom is -0.438 e. The molecule has 0 aliphatic rings. The number of carbonyl (C=O) groups is 1. The van der Waals surface area contributed by atoms with Gasteiger partial charge in [0.1, 0.15) is 22.8 Å². The predicted molar refractivity (Wildman–Crippen MR) is 110 cm³/mol. The number of aromatic nitrogens is 1. The fraction of sp³-hybridized carbons (Fsp3) is 0.0455. The lowest BCUT2D eigenvalue weighted by Gasteiger charge is -2.07. The molecule has 0 atom stereocenters. The van der Waals surface area contributed by atoms with E-state index in [4.69, 9.17) is 16.0 Å². The van der Waals surface area contributed by atoms with Crippen LogP contribution in [0.3, 0.4) is 0 Å². The van der Waals surface area contributed by atoms with Crippen LogP contribution in [0.1, 0.15) is 15.9 Å². The van der Waals surface area contributed by atoms with Crippen molar-refractivity contribution < 1.29 is 13.6 Å². The molecule has 0 fully saturated rings. The SMILES string of the molecule is Cc1ccc(NC(=O)c2cc3ccccc3oc2=Nc2cc(F)ccc2Cl)nc1. The zero-order chi connectivity index (χ0) is 20.4. The highest BCUT2D eigenvalue weighted by molar-refractivity contribution is 6.32. The lowest BCUT2D eigenvalue weighted by Crippen LogP contribution is -2.22. The minimum atomic E-state index is -0.496. The number of fused-ring (bicyclic) bond motifs is 1. The first-order valence-corrected chi connectivity index (χ1v) is 9.14. The Labute approximate surface area is 170 Å². The Morgan fingerprint density at radius 1 is 1.14 bits per heavy atom. The van der Waals surface area contributed by atoms with E-state index in [1.54, 1.807) is 30.5 Å². The van der Waals surface area contributed by atoms with Crippen molar-refractivity contribution in [1.82, 2.24) is 4.98 Å². The third-order valence-electron chi connectivity index (χ3n) is 4.18. The summed E-state index contributed by atoms with van der Waals surface area (Å²) >= 11 is 6.13. The van der Waals surface area contributed by atoms with Crippen molar-refractivity contribution in [3.05, 3.63) is 94.4 Å². The maximum atomic E-state index is 13.6. The molecular formula is C22H15ClFN3O2. The van der Waals surface area contributed by atoms with Crippen molar-refractivity contribution >= 4 is 40.0 Å². The highest BCUT2D eigenvalue weighted by atomic mass is 35.5. The summed E-state index contributed by atoms with van der Waals surface area (Å²) < 4.78 is 19.5. The van der Waals surface area contributed by atoms with Gasteiger partial charge in [0.2, 0.25) is 5.55 Å². The van der Waals surface area contributed by atoms with Gasteiger partial charge in [-0.1, -0.05) is 35.9 Å². The highest BCUT2D eigenvalue weighted by Crippen LogP contribution is 2.25. The average Bonchev–Trinajstić information content (AvgIpc) is 2.72. The minimum absolute atomic E-state index is 0.0146. The molecule has 0 unspecified atom stereocenters. The standard InChI is InChI=1S/C22H15ClFN3O2/c1-13-6-9-20(25-12-13)27-21(28)16-10-14-4-2-3-5-19(14)29-22(16)26-18-11-15(24)7-8-17(18)23/h2-12H,1H3,(H,25,27,28). The molecule has 2 heterocycles. The van der Waals surface area contributed by atoms with Gasteiger partial charge in [-0.3, -0.25) is 4.79 Å². The van der Waals surface area contributed by atoms with Gasteiger partial charge in [-0.25, -0.2) is 14.4 Å². The van der Waals surface area contributed by atoms with E-state index in [9.17, 15) is 9.18 Å². The molecule has 7 heteroatoms. The van der Waals surface area contributed by atoms with Gasteiger partial charge in [-0.2, -0.15) is 0 Å². The summed E-state index contributed by atoms with van der Waals surface area (Å²) in [6, 6.07) is 16.2. The van der Waals surface area contributed by atoms with E-state index in [1.165, 1.54) is 18.2 Å². The normalized spacial score (nSPS) is 11.6. The van der Waals surface area contributed by atoms with E-state index in [0.29, 0.717) is 11.4 Å². The number of benzene rings is 2. The zero-order valence-electron chi connectivity index (χ0n) is 15.3. The van der Waals surface area contributed by atoms with Gasteiger partial charge < -0.3 is 9.73 Å². The number of hydrogen-bond acceptors (Lipinski definition) is 4. The summed E-state index contributed by atoms with van der Waals surface area (Å²) in [4.78, 5) is 21.4. The van der Waals surface area contributed by atoms with Crippen molar-refractivity contribution in [2.24, 2.45) is 4.99 Å². The second kappa shape index (κ2) is 7.85. The van der Waals surface area contributed by atoms with Crippen LogP contribution in [0, 0.1) is 12.7 Å². The number of hydrogen-bond donors (Lipinski definition) is 1. The van der Waals surface area contributed by atoms with Gasteiger partial charge in [-0.05, 0) is 42.8 Å². The Morgan fingerprint density at radius 3 is 2.76 bits per heavy atom. The maximum Gasteiger partial charge on any atom is 0.262 e. The second-order valence-corrected chi connectivity index (χ2v) is 6.79. The van der Waals surface area contributed by atoms with E-state index in [-0.39, 0.29) is 21.8 Å². The van der Waals surface area contributed by atoms with Gasteiger partial charge >= 0.3 is 0 Å². The predicted octanol–water partition coefficient (Wildman–Crippen LogP) is 5.41. The molecule has 2 aromatic carbocycles. The van der Waals surface area contributed by atoms with E-state index in [0.717, 1.165) is 10.9 Å². The molecule has 4 rings (SSSR count). The van der Waals surface area contributed by atoms with Crippen LogP contribution >= 0.6 is 11.6 Å². The van der Waals surface area contributed by atoms with E-state index in [1.807, 2.05) is 25.1 Å². The molecule has 0 radical (unpaired) electrons. The number of para-hydroxylation sites is 1. The second-order valence-electron chi connectivity index (χ2n) is 6.39. The lowest BCUT2D eigenvalue weighted by molar-refractivity contribution is 0.102. The molecule has 0 spiro atoms. The molecule has 0 bridgehead atoms. The summed E-state index contributed by atoms with van der Waals surface area (Å²) in [5.41, 5.74) is 1.85. The Morgan fingerprint density at radius 2 is 1.97 bits per heavy atom. The molecule has 29 heavy (non-hydrogen) atoms. The van der Waals surface area contributed by atoms with Crippen LogP contribution in [-0.2, 0) is 0 Å². The van der Waals surface area contributed by atoms with Crippen molar-refractivity contribution in [2.45, 2.75) is 6.92 Å². The molecule has 0 aliphatic heterocycles. The topological polar surface area (TPSA) is 67.5 Å². The summed E-state index contributed by atoms with van der Waals surface area (Å²) in [5.74, 6) is -0.561. The Balaban J connectivity index is 1.86. The molecular weight excluding hydrogens is 393 g/mol. The van der Waals surface area contributed by atoms with Gasteiger partial charge in [-0.15, -0.1) is 0 Å². The molecule has 1 amide bonds. The smallest absolute Gasteiger partial charge is 0.262 e. The quantitative estimate of drug-likeness (QED) is 0.493. The third-order valence-corrected chi connectivity index (χ3v) is 4.50. The van der Waals surface area contributed by atoms with Gasteiger partial charge in [0, 0.05) is 17.6 Å². The monoisotopic (exact) mass is 407 g/mol. The van der Waals surface area contributed by atoms with E-state index < -0.39 is 11.7 Å². The molecule has 0 saturated heterocycles. The Kier molecular flexibility index (Phi) is 5.10. The number of nitrogens with one attached hydrogen (secondary N) is 1. The number of carbonyl (C=O) groups excluding carboxylic acids is 1. The van der Waals surface area contributed by atoms with Crippen molar-refractivity contribution in [1.29, 1.82) is 0 Å². The molecule has 0 aliphatic carbocycles. The molecule has 4 aromatic rings. The first-order chi connectivity index (χ1) is 14.0. The summed E-state index contributed by atoms with van der Waals surface area (Å²) in [6.07, 6.45) is 1.65. The molecule has 2 aromatic heterocycles. The van der Waals surface area contributed by atoms with Gasteiger partial charge in [0.25, 0.3) is 5.91 Å². The zero-order valence-corrected chi connectivity index (χ0v) is 16.1. The number of amides is 1. The summed E-state index contributed by atoms with van der Waals surface area (Å²) in [6.45, 7) is 1.90. The number of rotatable bonds is 3. The first kappa shape index (κ1) is 18.8. The number of nitrogens with zero attached hydrogens (tertiary/aromatic N) is 2. The van der Waals surface area contributed by atoms with Crippen LogP contribution in [0.25, 0.3) is 11.0 Å². The number of halogens is 2. The average molecular weight is 408 g/mol. The molecule has 0 saturated carbocycles. The van der Waals surface area contributed by atoms with Crippen molar-refractivity contribution in [3.63, 3.8) is 0 Å². The van der Waals surface area contributed by atoms with E-state index in [2.05, 4.69) is 15.3 Å². The fourth-order valence-electron chi connectivity index (χ4n) is 2.72. The van der Waals surface area contributed by atoms with Crippen LogP contribution in [0.2, 0.25) is 5.02 Å². The summed E-state index contributed by atoms with van der Waals surface area (Å²) in [7, 11) is 0. The largest absolute Gasteiger partial charge is 0.438 e. The third kappa shape index (κ3) is 4.17. The molecule has 5 nitrogen and oxygen atoms in total. The van der Waals surface area contributed by atoms with Gasteiger partial charge in [0.05, 0.1) is 10.7 Å². The maximum absolute atomic E-state index is 13.6. The first-order valence-electron chi connectivity index (χ1n) is 8.76. The number of aryl methyl sites for hydroxylation is 1. The molecule has 144 valence electrons. The molecule has 1 N–H and O–H groups in total. The Bertz CT molecular complexity index is 1280. The number of pyridine rings is 1. The number of anilines is 1. The van der Waals surface area contributed by atoms with Crippen molar-refractivity contribution in [3.8, 4) is 0 Å². The van der Waals surface area contributed by atoms with Crippen LogP contribution in [-0.4, -0.2) is 10.9 Å². The van der Waals surface area contributed by atoms with Gasteiger partial charge in [0.15, 0.2) is 0 Å². The van der Waals surface area contributed by atoms with Crippen LogP contribution in [0.4, 0.5) is 15.9 Å². The Hall–Kier alpha value is -3.51. The lowest BCUT2D eigenvalue weighted by atomic mass is 10.1. The van der Waals surface area contributed by atoms with Crippen LogP contribution < -0.4 is 10.9 Å². The van der Waals surface area contributed by atoms with Crippen molar-refractivity contribution in [2.75, 3.05) is 5.32 Å².